The highest BCUT2D eigenvalue weighted by molar-refractivity contribution is 4.87. The highest BCUT2D eigenvalue weighted by atomic mass is 16.0. The van der Waals surface area contributed by atoms with Gasteiger partial charge in [-0.15, -0.1) is 0 Å². The molecule has 0 saturated heterocycles. The maximum atomic E-state index is 6.26. The van der Waals surface area contributed by atoms with Gasteiger partial charge in [0.15, 0.2) is 0 Å². The smallest absolute Gasteiger partial charge is 0.0177 e. The SMILES string of the molecule is CCC(CC)C(N)(CC)CC.O. The Morgan fingerprint density at radius 3 is 1.42 bits per heavy atom. The Labute approximate surface area is 76.8 Å². The van der Waals surface area contributed by atoms with Crippen molar-refractivity contribution < 1.29 is 5.48 Å². The zero-order valence-corrected chi connectivity index (χ0v) is 8.98. The van der Waals surface area contributed by atoms with E-state index in [0.717, 1.165) is 12.8 Å². The summed E-state index contributed by atoms with van der Waals surface area (Å²) in [6.07, 6.45) is 4.65. The summed E-state index contributed by atoms with van der Waals surface area (Å²) in [5, 5.41) is 0. The van der Waals surface area contributed by atoms with E-state index >= 15 is 0 Å². The standard InChI is InChI=1S/C10H23N.H2O/c1-5-9(6-2)10(11,7-3)8-4;/h9H,5-8,11H2,1-4H3;1H2. The fourth-order valence-electron chi connectivity index (χ4n) is 1.93. The highest BCUT2D eigenvalue weighted by Crippen LogP contribution is 2.27. The van der Waals surface area contributed by atoms with E-state index in [2.05, 4.69) is 27.7 Å². The number of nitrogens with two attached hydrogens (primary N) is 1. The Hall–Kier alpha value is -0.0800. The van der Waals surface area contributed by atoms with Crippen LogP contribution >= 0.6 is 0 Å². The fourth-order valence-corrected chi connectivity index (χ4v) is 1.93. The van der Waals surface area contributed by atoms with Crippen LogP contribution < -0.4 is 5.73 Å². The molecule has 0 aliphatic rings. The van der Waals surface area contributed by atoms with Crippen LogP contribution in [0.4, 0.5) is 0 Å². The lowest BCUT2D eigenvalue weighted by Crippen LogP contribution is -2.45. The average molecular weight is 175 g/mol. The summed E-state index contributed by atoms with van der Waals surface area (Å²) in [5.41, 5.74) is 6.36. The van der Waals surface area contributed by atoms with Crippen molar-refractivity contribution in [2.24, 2.45) is 11.7 Å². The molecule has 12 heavy (non-hydrogen) atoms. The van der Waals surface area contributed by atoms with E-state index in [1.165, 1.54) is 12.8 Å². The minimum absolute atomic E-state index is 0. The van der Waals surface area contributed by atoms with Crippen LogP contribution in [0.5, 0.6) is 0 Å². The summed E-state index contributed by atoms with van der Waals surface area (Å²) in [5.74, 6) is 0.706. The maximum absolute atomic E-state index is 6.26. The largest absolute Gasteiger partial charge is 0.412 e. The van der Waals surface area contributed by atoms with Crippen molar-refractivity contribution in [2.45, 2.75) is 58.9 Å². The lowest BCUT2D eigenvalue weighted by atomic mass is 9.77. The van der Waals surface area contributed by atoms with Gasteiger partial charge in [0.1, 0.15) is 0 Å². The lowest BCUT2D eigenvalue weighted by Gasteiger charge is -2.35. The van der Waals surface area contributed by atoms with Gasteiger partial charge in [0, 0.05) is 5.54 Å². The van der Waals surface area contributed by atoms with Crippen LogP contribution in [-0.2, 0) is 0 Å². The molecule has 0 atom stereocenters. The van der Waals surface area contributed by atoms with Crippen molar-refractivity contribution in [3.05, 3.63) is 0 Å². The molecule has 2 nitrogen and oxygen atoms in total. The normalized spacial score (nSPS) is 11.5. The molecule has 0 fully saturated rings. The van der Waals surface area contributed by atoms with E-state index < -0.39 is 0 Å². The van der Waals surface area contributed by atoms with Gasteiger partial charge in [-0.2, -0.15) is 0 Å². The first-order valence-corrected chi connectivity index (χ1v) is 4.93. The highest BCUT2D eigenvalue weighted by Gasteiger charge is 2.28. The molecule has 0 aromatic heterocycles. The molecular formula is C10H25NO. The quantitative estimate of drug-likeness (QED) is 0.683. The predicted octanol–water partition coefficient (Wildman–Crippen LogP) is 2.12. The lowest BCUT2D eigenvalue weighted by molar-refractivity contribution is 0.237. The van der Waals surface area contributed by atoms with Crippen LogP contribution in [0.3, 0.4) is 0 Å². The zero-order chi connectivity index (χ0) is 8.91. The summed E-state index contributed by atoms with van der Waals surface area (Å²) < 4.78 is 0. The van der Waals surface area contributed by atoms with Crippen LogP contribution in [0.1, 0.15) is 53.4 Å². The molecular weight excluding hydrogens is 150 g/mol. The van der Waals surface area contributed by atoms with Crippen molar-refractivity contribution in [2.75, 3.05) is 0 Å². The van der Waals surface area contributed by atoms with Gasteiger partial charge < -0.3 is 11.2 Å². The number of rotatable bonds is 5. The second-order valence-corrected chi connectivity index (χ2v) is 3.45. The molecule has 0 unspecified atom stereocenters. The molecule has 2 heteroatoms. The van der Waals surface area contributed by atoms with Crippen molar-refractivity contribution in [1.82, 2.24) is 0 Å². The Bertz CT molecular complexity index is 96.0. The topological polar surface area (TPSA) is 57.5 Å². The number of hydrogen-bond donors (Lipinski definition) is 1. The predicted molar refractivity (Wildman–Crippen MR) is 55.2 cm³/mol. The first-order chi connectivity index (χ1) is 5.14. The molecule has 0 rings (SSSR count). The summed E-state index contributed by atoms with van der Waals surface area (Å²) in [7, 11) is 0. The third-order valence-corrected chi connectivity index (χ3v) is 3.12. The summed E-state index contributed by atoms with van der Waals surface area (Å²) in [6.45, 7) is 8.87. The van der Waals surface area contributed by atoms with Gasteiger partial charge in [0.25, 0.3) is 0 Å². The van der Waals surface area contributed by atoms with E-state index in [1.54, 1.807) is 0 Å². The first-order valence-electron chi connectivity index (χ1n) is 4.93. The molecule has 0 radical (unpaired) electrons. The van der Waals surface area contributed by atoms with Crippen LogP contribution in [0, 0.1) is 5.92 Å². The Morgan fingerprint density at radius 1 is 1.00 bits per heavy atom. The Balaban J connectivity index is 0. The Kier molecular flexibility index (Phi) is 7.75. The number of hydrogen-bond acceptors (Lipinski definition) is 1. The monoisotopic (exact) mass is 175 g/mol. The van der Waals surface area contributed by atoms with Crippen LogP contribution in [0.25, 0.3) is 0 Å². The summed E-state index contributed by atoms with van der Waals surface area (Å²) >= 11 is 0. The van der Waals surface area contributed by atoms with Gasteiger partial charge >= 0.3 is 0 Å². The molecule has 0 aromatic rings. The van der Waals surface area contributed by atoms with Gasteiger partial charge in [-0.3, -0.25) is 0 Å². The Morgan fingerprint density at radius 2 is 1.33 bits per heavy atom. The molecule has 0 heterocycles. The van der Waals surface area contributed by atoms with Crippen LogP contribution in [-0.4, -0.2) is 11.0 Å². The molecule has 76 valence electrons. The van der Waals surface area contributed by atoms with Crippen LogP contribution in [0.15, 0.2) is 0 Å². The second kappa shape index (κ2) is 6.44. The van der Waals surface area contributed by atoms with Crippen molar-refractivity contribution in [1.29, 1.82) is 0 Å². The molecule has 0 amide bonds. The van der Waals surface area contributed by atoms with Gasteiger partial charge in [-0.25, -0.2) is 0 Å². The molecule has 0 saturated carbocycles. The van der Waals surface area contributed by atoms with E-state index in [4.69, 9.17) is 5.73 Å². The third kappa shape index (κ3) is 3.11. The molecule has 0 spiro atoms. The molecule has 0 aliphatic heterocycles. The third-order valence-electron chi connectivity index (χ3n) is 3.12. The van der Waals surface area contributed by atoms with E-state index in [1.807, 2.05) is 0 Å². The summed E-state index contributed by atoms with van der Waals surface area (Å²) in [6, 6.07) is 0. The molecule has 0 aliphatic carbocycles. The van der Waals surface area contributed by atoms with Gasteiger partial charge in [0.05, 0.1) is 0 Å². The summed E-state index contributed by atoms with van der Waals surface area (Å²) in [4.78, 5) is 0. The maximum Gasteiger partial charge on any atom is 0.0177 e. The minimum Gasteiger partial charge on any atom is -0.412 e. The van der Waals surface area contributed by atoms with E-state index in [0.29, 0.717) is 5.92 Å². The van der Waals surface area contributed by atoms with Crippen molar-refractivity contribution in [3.63, 3.8) is 0 Å². The van der Waals surface area contributed by atoms with E-state index in [-0.39, 0.29) is 11.0 Å². The van der Waals surface area contributed by atoms with Crippen molar-refractivity contribution >= 4 is 0 Å². The first kappa shape index (κ1) is 14.4. The minimum atomic E-state index is 0. The van der Waals surface area contributed by atoms with Crippen molar-refractivity contribution in [3.8, 4) is 0 Å². The average Bonchev–Trinajstić information content (AvgIpc) is 2.06. The second-order valence-electron chi connectivity index (χ2n) is 3.45. The van der Waals surface area contributed by atoms with Gasteiger partial charge in [-0.1, -0.05) is 40.5 Å². The van der Waals surface area contributed by atoms with Gasteiger partial charge in [-0.05, 0) is 18.8 Å². The van der Waals surface area contributed by atoms with Gasteiger partial charge in [0.2, 0.25) is 0 Å². The fraction of sp³-hybridized carbons (Fsp3) is 1.00. The van der Waals surface area contributed by atoms with E-state index in [9.17, 15) is 0 Å². The molecule has 0 aromatic carbocycles. The molecule has 0 bridgehead atoms. The zero-order valence-electron chi connectivity index (χ0n) is 8.98. The van der Waals surface area contributed by atoms with Crippen LogP contribution in [0.2, 0.25) is 0 Å². The molecule has 4 N–H and O–H groups in total.